The summed E-state index contributed by atoms with van der Waals surface area (Å²) in [4.78, 5) is 25.4. The molecule has 1 amide bonds. The summed E-state index contributed by atoms with van der Waals surface area (Å²) in [6, 6.07) is 19.8. The summed E-state index contributed by atoms with van der Waals surface area (Å²) in [6.07, 6.45) is 0. The highest BCUT2D eigenvalue weighted by Crippen LogP contribution is 2.27. The van der Waals surface area contributed by atoms with Crippen LogP contribution in [0.5, 0.6) is 5.75 Å². The van der Waals surface area contributed by atoms with Crippen molar-refractivity contribution in [3.05, 3.63) is 82.5 Å². The number of anilines is 2. The smallest absolute Gasteiger partial charge is 0.308 e. The number of thiazole rings is 1. The molecule has 0 radical (unpaired) electrons. The molecule has 3 aromatic carbocycles. The van der Waals surface area contributed by atoms with Crippen molar-refractivity contribution in [1.82, 2.24) is 4.57 Å². The van der Waals surface area contributed by atoms with Crippen LogP contribution in [0.2, 0.25) is 0 Å². The van der Waals surface area contributed by atoms with Crippen molar-refractivity contribution in [2.24, 2.45) is 0 Å². The average Bonchev–Trinajstić information content (AvgIpc) is 3.19. The van der Waals surface area contributed by atoms with E-state index in [4.69, 9.17) is 4.74 Å². The van der Waals surface area contributed by atoms with Gasteiger partial charge in [0.15, 0.2) is 0 Å². The van der Waals surface area contributed by atoms with Crippen LogP contribution in [0, 0.1) is 0 Å². The first-order valence-corrected chi connectivity index (χ1v) is 13.7. The van der Waals surface area contributed by atoms with E-state index in [0.29, 0.717) is 23.7 Å². The van der Waals surface area contributed by atoms with E-state index >= 15 is 0 Å². The fourth-order valence-corrected chi connectivity index (χ4v) is 6.34. The van der Waals surface area contributed by atoms with Gasteiger partial charge in [0, 0.05) is 11.7 Å². The quantitative estimate of drug-likeness (QED) is 0.336. The molecule has 0 aliphatic rings. The van der Waals surface area contributed by atoms with Crippen molar-refractivity contribution in [1.29, 1.82) is 0 Å². The van der Waals surface area contributed by atoms with Gasteiger partial charge in [0.05, 0.1) is 27.4 Å². The van der Waals surface area contributed by atoms with Gasteiger partial charge in [-0.3, -0.25) is 18.5 Å². The van der Waals surface area contributed by atoms with E-state index in [1.54, 1.807) is 65.2 Å². The Labute approximate surface area is 213 Å². The summed E-state index contributed by atoms with van der Waals surface area (Å²) >= 11 is 1.10. The van der Waals surface area contributed by atoms with Gasteiger partial charge in [0.25, 0.3) is 10.0 Å². The fraction of sp³-hybridized carbons (Fsp3) is 0.231. The van der Waals surface area contributed by atoms with E-state index in [2.05, 4.69) is 5.32 Å². The first-order chi connectivity index (χ1) is 17.2. The molecule has 0 aliphatic heterocycles. The van der Waals surface area contributed by atoms with Crippen molar-refractivity contribution in [2.45, 2.75) is 31.7 Å². The Morgan fingerprint density at radius 3 is 2.39 bits per heavy atom. The van der Waals surface area contributed by atoms with Crippen LogP contribution >= 0.6 is 11.3 Å². The predicted molar refractivity (Wildman–Crippen MR) is 144 cm³/mol. The van der Waals surface area contributed by atoms with Crippen LogP contribution in [0.4, 0.5) is 11.4 Å². The average molecular weight is 526 g/mol. The summed E-state index contributed by atoms with van der Waals surface area (Å²) in [5.74, 6) is 0.0850. The van der Waals surface area contributed by atoms with Crippen LogP contribution in [-0.2, 0) is 14.8 Å². The summed E-state index contributed by atoms with van der Waals surface area (Å²) in [7, 11) is -4.02. The maximum Gasteiger partial charge on any atom is 0.308 e. The zero-order valence-corrected chi connectivity index (χ0v) is 21.8. The maximum absolute atomic E-state index is 13.5. The van der Waals surface area contributed by atoms with Crippen LogP contribution < -0.4 is 19.2 Å². The van der Waals surface area contributed by atoms with Crippen molar-refractivity contribution in [2.75, 3.05) is 22.8 Å². The molecule has 8 nitrogen and oxygen atoms in total. The second-order valence-electron chi connectivity index (χ2n) is 8.31. The molecule has 0 atom stereocenters. The van der Waals surface area contributed by atoms with Gasteiger partial charge in [0.2, 0.25) is 5.91 Å². The number of ether oxygens (including phenoxy) is 1. The third-order valence-corrected chi connectivity index (χ3v) is 8.17. The van der Waals surface area contributed by atoms with E-state index in [1.807, 2.05) is 20.8 Å². The first-order valence-electron chi connectivity index (χ1n) is 11.5. The molecule has 1 aromatic heterocycles. The molecule has 0 saturated carbocycles. The topological polar surface area (TPSA) is 97.7 Å². The lowest BCUT2D eigenvalue weighted by Gasteiger charge is -2.24. The third kappa shape index (κ3) is 5.29. The minimum atomic E-state index is -4.02. The van der Waals surface area contributed by atoms with Gasteiger partial charge in [-0.15, -0.1) is 0 Å². The monoisotopic (exact) mass is 525 g/mol. The highest BCUT2D eigenvalue weighted by atomic mass is 32.2. The van der Waals surface area contributed by atoms with Gasteiger partial charge in [-0.2, -0.15) is 0 Å². The lowest BCUT2D eigenvalue weighted by molar-refractivity contribution is -0.114. The molecule has 0 spiro atoms. The first kappa shape index (κ1) is 25.5. The summed E-state index contributed by atoms with van der Waals surface area (Å²) in [5, 5.41) is 2.77. The standard InChI is InChI=1S/C26H27N3O5S2/c1-4-34-21-13-11-20(12-14-21)28(36(32,33)22-8-6-5-7-9-22)17-25(30)27-19-10-15-23-24(16-19)35-26(31)29(23)18(2)3/h5-16,18H,4,17H2,1-3H3,(H,27,30). The number of hydrogen-bond donors (Lipinski definition) is 1. The molecule has 4 aromatic rings. The summed E-state index contributed by atoms with van der Waals surface area (Å²) < 4.78 is 36.0. The number of nitrogens with one attached hydrogen (secondary N) is 1. The minimum absolute atomic E-state index is 0.0116. The van der Waals surface area contributed by atoms with Crippen LogP contribution in [0.1, 0.15) is 26.8 Å². The number of nitrogens with zero attached hydrogens (tertiary/aromatic N) is 2. The molecule has 188 valence electrons. The molecule has 0 saturated heterocycles. The van der Waals surface area contributed by atoms with Gasteiger partial charge in [0.1, 0.15) is 12.3 Å². The van der Waals surface area contributed by atoms with Crippen molar-refractivity contribution in [3.8, 4) is 5.75 Å². The predicted octanol–water partition coefficient (Wildman–Crippen LogP) is 4.88. The van der Waals surface area contributed by atoms with Crippen LogP contribution in [0.15, 0.2) is 82.5 Å². The number of aromatic nitrogens is 1. The number of sulfonamides is 1. The van der Waals surface area contributed by atoms with Crippen LogP contribution in [-0.4, -0.2) is 32.0 Å². The number of rotatable bonds is 9. The molecular formula is C26H27N3O5S2. The number of benzene rings is 3. The fourth-order valence-electron chi connectivity index (χ4n) is 3.84. The van der Waals surface area contributed by atoms with Gasteiger partial charge < -0.3 is 10.1 Å². The van der Waals surface area contributed by atoms with Crippen LogP contribution in [0.3, 0.4) is 0 Å². The van der Waals surface area contributed by atoms with E-state index in [0.717, 1.165) is 25.9 Å². The molecule has 1 N–H and O–H groups in total. The third-order valence-electron chi connectivity index (χ3n) is 5.47. The van der Waals surface area contributed by atoms with Crippen molar-refractivity contribution >= 4 is 48.9 Å². The molecule has 1 heterocycles. The Bertz CT molecular complexity index is 1530. The number of hydrogen-bond acceptors (Lipinski definition) is 6. The Hall–Kier alpha value is -3.63. The van der Waals surface area contributed by atoms with Crippen molar-refractivity contribution in [3.63, 3.8) is 0 Å². The lowest BCUT2D eigenvalue weighted by atomic mass is 10.2. The van der Waals surface area contributed by atoms with Gasteiger partial charge in [-0.25, -0.2) is 8.42 Å². The Kier molecular flexibility index (Phi) is 7.46. The van der Waals surface area contributed by atoms with Gasteiger partial charge in [-0.1, -0.05) is 29.5 Å². The summed E-state index contributed by atoms with van der Waals surface area (Å²) in [5.41, 5.74) is 1.61. The second kappa shape index (κ2) is 10.5. The second-order valence-corrected chi connectivity index (χ2v) is 11.2. The number of carbonyl (C=O) groups is 1. The largest absolute Gasteiger partial charge is 0.494 e. The number of carbonyl (C=O) groups excluding carboxylic acids is 1. The molecule has 0 unspecified atom stereocenters. The minimum Gasteiger partial charge on any atom is -0.494 e. The Morgan fingerprint density at radius 2 is 1.75 bits per heavy atom. The lowest BCUT2D eigenvalue weighted by Crippen LogP contribution is -2.38. The molecular weight excluding hydrogens is 498 g/mol. The Balaban J connectivity index is 1.63. The number of fused-ring (bicyclic) bond motifs is 1. The molecule has 0 fully saturated rings. The SMILES string of the molecule is CCOc1ccc(N(CC(=O)Nc2ccc3c(c2)sc(=O)n3C(C)C)S(=O)(=O)c2ccccc2)cc1. The normalized spacial score (nSPS) is 11.6. The van der Waals surface area contributed by atoms with Gasteiger partial charge in [-0.05, 0) is 75.4 Å². The van der Waals surface area contributed by atoms with E-state index in [1.165, 1.54) is 12.1 Å². The van der Waals surface area contributed by atoms with E-state index < -0.39 is 22.5 Å². The van der Waals surface area contributed by atoms with E-state index in [9.17, 15) is 18.0 Å². The van der Waals surface area contributed by atoms with Gasteiger partial charge >= 0.3 is 4.87 Å². The highest BCUT2D eigenvalue weighted by molar-refractivity contribution is 7.92. The van der Waals surface area contributed by atoms with Crippen LogP contribution in [0.25, 0.3) is 10.2 Å². The molecule has 0 aliphatic carbocycles. The molecule has 4 rings (SSSR count). The zero-order chi connectivity index (χ0) is 25.9. The zero-order valence-electron chi connectivity index (χ0n) is 20.2. The van der Waals surface area contributed by atoms with E-state index in [-0.39, 0.29) is 15.8 Å². The van der Waals surface area contributed by atoms with Crippen molar-refractivity contribution < 1.29 is 17.9 Å². The highest BCUT2D eigenvalue weighted by Gasteiger charge is 2.27. The Morgan fingerprint density at radius 1 is 1.06 bits per heavy atom. The molecule has 10 heteroatoms. The molecule has 36 heavy (non-hydrogen) atoms. The number of amides is 1. The maximum atomic E-state index is 13.5. The summed E-state index contributed by atoms with van der Waals surface area (Å²) in [6.45, 7) is 5.77. The molecule has 0 bridgehead atoms.